The zero-order valence-corrected chi connectivity index (χ0v) is 19.3. The van der Waals surface area contributed by atoms with Crippen LogP contribution in [0.1, 0.15) is 18.8 Å². The van der Waals surface area contributed by atoms with Gasteiger partial charge >= 0.3 is 0 Å². The summed E-state index contributed by atoms with van der Waals surface area (Å²) in [5.41, 5.74) is 2.26. The Kier molecular flexibility index (Phi) is 5.11. The maximum absolute atomic E-state index is 13.2. The molecular weight excluding hydrogens is 453 g/mol. The molecule has 8 nitrogen and oxygen atoms in total. The van der Waals surface area contributed by atoms with E-state index < -0.39 is 0 Å². The van der Waals surface area contributed by atoms with E-state index in [9.17, 15) is 9.18 Å². The number of para-hydroxylation sites is 1. The van der Waals surface area contributed by atoms with Gasteiger partial charge in [0.1, 0.15) is 11.6 Å². The van der Waals surface area contributed by atoms with Gasteiger partial charge in [-0.2, -0.15) is 0 Å². The van der Waals surface area contributed by atoms with Crippen LogP contribution in [0.4, 0.5) is 9.52 Å². The highest BCUT2D eigenvalue weighted by atomic mass is 32.1. The molecule has 1 saturated heterocycles. The Labute approximate surface area is 198 Å². The minimum Gasteiger partial charge on any atom is -0.344 e. The molecule has 5 aromatic rings. The van der Waals surface area contributed by atoms with E-state index in [-0.39, 0.29) is 17.4 Å². The Morgan fingerprint density at radius 3 is 2.56 bits per heavy atom. The first-order valence-electron chi connectivity index (χ1n) is 11.2. The Morgan fingerprint density at radius 2 is 1.79 bits per heavy atom. The van der Waals surface area contributed by atoms with Crippen molar-refractivity contribution in [2.24, 2.45) is 0 Å². The van der Waals surface area contributed by atoms with E-state index in [1.807, 2.05) is 24.4 Å². The van der Waals surface area contributed by atoms with E-state index >= 15 is 0 Å². The molecule has 0 saturated carbocycles. The molecule has 1 fully saturated rings. The molecule has 10 heteroatoms. The van der Waals surface area contributed by atoms with Crippen LogP contribution in [0, 0.1) is 5.82 Å². The summed E-state index contributed by atoms with van der Waals surface area (Å²) in [7, 11) is 0. The summed E-state index contributed by atoms with van der Waals surface area (Å²) in [6, 6.07) is 13.7. The van der Waals surface area contributed by atoms with Crippen LogP contribution in [0.15, 0.2) is 59.5 Å². The largest absolute Gasteiger partial charge is 0.344 e. The second-order valence-corrected chi connectivity index (χ2v) is 9.35. The first-order chi connectivity index (χ1) is 16.5. The SMILES string of the molecule is CC(c1nc2ccccc2c(=O)[nH]1)N1CCN(c2nn3cc(-c4ccc(F)cc4)nc3s2)CC1. The number of aromatic amines is 1. The minimum atomic E-state index is -0.263. The topological polar surface area (TPSA) is 82.4 Å². The molecule has 34 heavy (non-hydrogen) atoms. The van der Waals surface area contributed by atoms with Gasteiger partial charge in [0.25, 0.3) is 5.56 Å². The second-order valence-electron chi connectivity index (χ2n) is 8.41. The molecule has 1 aliphatic rings. The Balaban J connectivity index is 1.15. The molecular formula is C24H22FN7OS. The lowest BCUT2D eigenvalue weighted by Gasteiger charge is -2.37. The van der Waals surface area contributed by atoms with E-state index in [1.54, 1.807) is 34.1 Å². The van der Waals surface area contributed by atoms with Crippen molar-refractivity contribution >= 4 is 32.3 Å². The monoisotopic (exact) mass is 475 g/mol. The first kappa shape index (κ1) is 20.9. The molecule has 3 aromatic heterocycles. The molecule has 1 atom stereocenters. The summed E-state index contributed by atoms with van der Waals surface area (Å²) in [6.07, 6.45) is 1.88. The zero-order valence-electron chi connectivity index (χ0n) is 18.5. The van der Waals surface area contributed by atoms with Crippen LogP contribution in [0.25, 0.3) is 27.1 Å². The van der Waals surface area contributed by atoms with Crippen LogP contribution in [0.2, 0.25) is 0 Å². The van der Waals surface area contributed by atoms with Gasteiger partial charge < -0.3 is 9.88 Å². The van der Waals surface area contributed by atoms with Gasteiger partial charge in [0, 0.05) is 31.7 Å². The van der Waals surface area contributed by atoms with E-state index in [0.29, 0.717) is 11.2 Å². The molecule has 0 aliphatic carbocycles. The van der Waals surface area contributed by atoms with Crippen molar-refractivity contribution in [3.05, 3.63) is 76.7 Å². The molecule has 0 bridgehead atoms. The van der Waals surface area contributed by atoms with Crippen molar-refractivity contribution in [3.63, 3.8) is 0 Å². The molecule has 1 unspecified atom stereocenters. The van der Waals surface area contributed by atoms with E-state index in [4.69, 9.17) is 10.1 Å². The number of piperazine rings is 1. The maximum atomic E-state index is 13.2. The molecule has 2 aromatic carbocycles. The number of aromatic nitrogens is 5. The molecule has 0 radical (unpaired) electrons. The smallest absolute Gasteiger partial charge is 0.258 e. The average molecular weight is 476 g/mol. The summed E-state index contributed by atoms with van der Waals surface area (Å²) in [6.45, 7) is 5.39. The number of imidazole rings is 1. The highest BCUT2D eigenvalue weighted by Crippen LogP contribution is 2.28. The molecule has 4 heterocycles. The van der Waals surface area contributed by atoms with Gasteiger partial charge in [0.2, 0.25) is 10.1 Å². The molecule has 0 amide bonds. The normalized spacial score (nSPS) is 15.9. The van der Waals surface area contributed by atoms with Crippen molar-refractivity contribution in [1.29, 1.82) is 0 Å². The number of nitrogens with zero attached hydrogens (tertiary/aromatic N) is 6. The number of hydrogen-bond acceptors (Lipinski definition) is 7. The van der Waals surface area contributed by atoms with Crippen molar-refractivity contribution < 1.29 is 4.39 Å². The van der Waals surface area contributed by atoms with Gasteiger partial charge in [-0.1, -0.05) is 23.5 Å². The van der Waals surface area contributed by atoms with Gasteiger partial charge in [-0.05, 0) is 43.3 Å². The summed E-state index contributed by atoms with van der Waals surface area (Å²) < 4.78 is 15.0. The Morgan fingerprint density at radius 1 is 1.03 bits per heavy atom. The molecule has 1 N–H and O–H groups in total. The zero-order chi connectivity index (χ0) is 23.2. The predicted octanol–water partition coefficient (Wildman–Crippen LogP) is 3.72. The van der Waals surface area contributed by atoms with Gasteiger partial charge in [-0.25, -0.2) is 18.9 Å². The lowest BCUT2D eigenvalue weighted by Crippen LogP contribution is -2.47. The number of halogens is 1. The molecule has 172 valence electrons. The lowest BCUT2D eigenvalue weighted by molar-refractivity contribution is 0.191. The highest BCUT2D eigenvalue weighted by Gasteiger charge is 2.26. The fourth-order valence-electron chi connectivity index (χ4n) is 4.35. The van der Waals surface area contributed by atoms with Crippen LogP contribution in [0.5, 0.6) is 0 Å². The average Bonchev–Trinajstić information content (AvgIpc) is 3.44. The van der Waals surface area contributed by atoms with Crippen molar-refractivity contribution in [1.82, 2.24) is 29.5 Å². The second kappa shape index (κ2) is 8.30. The molecule has 1 aliphatic heterocycles. The van der Waals surface area contributed by atoms with Crippen LogP contribution in [0.3, 0.4) is 0 Å². The van der Waals surface area contributed by atoms with Gasteiger partial charge in [0.05, 0.1) is 28.8 Å². The summed E-state index contributed by atoms with van der Waals surface area (Å²) in [4.78, 5) is 30.2. The predicted molar refractivity (Wildman–Crippen MR) is 131 cm³/mol. The highest BCUT2D eigenvalue weighted by molar-refractivity contribution is 7.20. The number of H-pyrrole nitrogens is 1. The van der Waals surface area contributed by atoms with E-state index in [0.717, 1.165) is 53.0 Å². The van der Waals surface area contributed by atoms with E-state index in [1.165, 1.54) is 12.1 Å². The summed E-state index contributed by atoms with van der Waals surface area (Å²) in [5.74, 6) is 0.430. The van der Waals surface area contributed by atoms with Crippen LogP contribution in [-0.2, 0) is 0 Å². The van der Waals surface area contributed by atoms with Crippen LogP contribution >= 0.6 is 11.3 Å². The van der Waals surface area contributed by atoms with Gasteiger partial charge in [0.15, 0.2) is 0 Å². The van der Waals surface area contributed by atoms with Crippen molar-refractivity contribution in [2.45, 2.75) is 13.0 Å². The first-order valence-corrected chi connectivity index (χ1v) is 12.0. The van der Waals surface area contributed by atoms with Crippen molar-refractivity contribution in [2.75, 3.05) is 31.1 Å². The molecule has 0 spiro atoms. The fourth-order valence-corrected chi connectivity index (χ4v) is 5.29. The number of anilines is 1. The number of benzene rings is 2. The summed E-state index contributed by atoms with van der Waals surface area (Å²) >= 11 is 1.55. The van der Waals surface area contributed by atoms with Crippen molar-refractivity contribution in [3.8, 4) is 11.3 Å². The maximum Gasteiger partial charge on any atom is 0.258 e. The number of fused-ring (bicyclic) bond motifs is 2. The third kappa shape index (κ3) is 3.74. The number of rotatable bonds is 4. The summed E-state index contributed by atoms with van der Waals surface area (Å²) in [5, 5.41) is 6.26. The lowest BCUT2D eigenvalue weighted by atomic mass is 10.2. The number of nitrogens with one attached hydrogen (secondary N) is 1. The quantitative estimate of drug-likeness (QED) is 0.427. The Hall–Kier alpha value is -3.63. The van der Waals surface area contributed by atoms with Gasteiger partial charge in [-0.3, -0.25) is 9.69 Å². The third-order valence-electron chi connectivity index (χ3n) is 6.33. The van der Waals surface area contributed by atoms with E-state index in [2.05, 4.69) is 26.7 Å². The number of hydrogen-bond donors (Lipinski definition) is 1. The Bertz CT molecular complexity index is 1500. The fraction of sp³-hybridized carbons (Fsp3) is 0.250. The minimum absolute atomic E-state index is 0.00586. The third-order valence-corrected chi connectivity index (χ3v) is 7.32. The molecule has 6 rings (SSSR count). The van der Waals surface area contributed by atoms with Gasteiger partial charge in [-0.15, -0.1) is 5.10 Å². The van der Waals surface area contributed by atoms with Crippen LogP contribution in [-0.4, -0.2) is 55.6 Å². The standard InChI is InChI=1S/C24H22FN7OS/c1-15(21-26-19-5-3-2-4-18(19)22(33)28-21)30-10-12-31(13-11-30)24-29-32-14-20(27-23(32)34-24)16-6-8-17(25)9-7-16/h2-9,14-15H,10-13H2,1H3,(H,26,28,33). The van der Waals surface area contributed by atoms with Crippen LogP contribution < -0.4 is 10.5 Å².